The van der Waals surface area contributed by atoms with Crippen LogP contribution >= 0.6 is 23.2 Å². The second kappa shape index (κ2) is 9.29. The van der Waals surface area contributed by atoms with Crippen LogP contribution in [0.3, 0.4) is 0 Å². The second-order valence-electron chi connectivity index (χ2n) is 6.13. The number of rotatable bonds is 6. The fraction of sp³-hybridized carbons (Fsp3) is 0.0435. The number of hydrogen-bond donors (Lipinski definition) is 1. The monoisotopic (exact) mass is 423 g/mol. The van der Waals surface area contributed by atoms with Crippen molar-refractivity contribution in [1.29, 1.82) is 5.26 Å². The molecule has 0 saturated heterocycles. The Balaban J connectivity index is 1.85. The topological polar surface area (TPSA) is 70.3 Å². The van der Waals surface area contributed by atoms with Crippen molar-refractivity contribution in [1.82, 2.24) is 0 Å². The Labute approximate surface area is 178 Å². The number of carboxylic acids is 1. The molecule has 0 bridgehead atoms. The first-order chi connectivity index (χ1) is 14.0. The predicted molar refractivity (Wildman–Crippen MR) is 114 cm³/mol. The third-order valence-electron chi connectivity index (χ3n) is 4.16. The molecule has 1 N–H and O–H groups in total. The summed E-state index contributed by atoms with van der Waals surface area (Å²) >= 11 is 12.0. The first-order valence-corrected chi connectivity index (χ1v) is 9.35. The van der Waals surface area contributed by atoms with Gasteiger partial charge in [-0.05, 0) is 47.5 Å². The van der Waals surface area contributed by atoms with Crippen molar-refractivity contribution in [3.63, 3.8) is 0 Å². The first kappa shape index (κ1) is 20.5. The molecule has 0 aliphatic heterocycles. The molecule has 0 aliphatic carbocycles. The van der Waals surface area contributed by atoms with Gasteiger partial charge in [-0.25, -0.2) is 4.79 Å². The van der Waals surface area contributed by atoms with Crippen LogP contribution in [-0.4, -0.2) is 11.1 Å². The minimum Gasteiger partial charge on any atom is -0.488 e. The highest BCUT2D eigenvalue weighted by Crippen LogP contribution is 2.27. The molecule has 0 aliphatic rings. The van der Waals surface area contributed by atoms with Crippen LogP contribution in [0, 0.1) is 11.3 Å². The minimum atomic E-state index is -1.01. The van der Waals surface area contributed by atoms with Crippen molar-refractivity contribution >= 4 is 40.8 Å². The predicted octanol–water partition coefficient (Wildman–Crippen LogP) is 6.33. The number of carboxylic acid groups (broad SMARTS) is 1. The summed E-state index contributed by atoms with van der Waals surface area (Å²) in [5.74, 6) is -0.409. The Hall–Kier alpha value is -3.26. The lowest BCUT2D eigenvalue weighted by atomic mass is 10.0. The van der Waals surface area contributed by atoms with Crippen molar-refractivity contribution in [3.05, 3.63) is 99.0 Å². The smallest absolute Gasteiger partial charge is 0.335 e. The van der Waals surface area contributed by atoms with Crippen LogP contribution in [0.4, 0.5) is 0 Å². The molecule has 0 radical (unpaired) electrons. The van der Waals surface area contributed by atoms with Crippen molar-refractivity contribution in [2.75, 3.05) is 0 Å². The zero-order valence-electron chi connectivity index (χ0n) is 15.1. The summed E-state index contributed by atoms with van der Waals surface area (Å²) in [7, 11) is 0. The van der Waals surface area contributed by atoms with E-state index in [0.29, 0.717) is 26.9 Å². The van der Waals surface area contributed by atoms with Crippen molar-refractivity contribution < 1.29 is 14.6 Å². The summed E-state index contributed by atoms with van der Waals surface area (Å²) in [6.07, 6.45) is 1.71. The Morgan fingerprint density at radius 1 is 1.00 bits per heavy atom. The molecule has 0 fully saturated rings. The van der Waals surface area contributed by atoms with Gasteiger partial charge in [-0.15, -0.1) is 0 Å². The number of carbonyl (C=O) groups is 1. The van der Waals surface area contributed by atoms with E-state index in [0.717, 1.165) is 11.1 Å². The molecule has 0 unspecified atom stereocenters. The number of allylic oxidation sites excluding steroid dienone is 1. The molecule has 0 aromatic heterocycles. The number of para-hydroxylation sites is 1. The number of hydrogen-bond acceptors (Lipinski definition) is 3. The van der Waals surface area contributed by atoms with Gasteiger partial charge in [-0.3, -0.25) is 0 Å². The molecule has 0 saturated carbocycles. The van der Waals surface area contributed by atoms with Crippen molar-refractivity contribution in [3.8, 4) is 11.8 Å². The van der Waals surface area contributed by atoms with Gasteiger partial charge in [0.15, 0.2) is 0 Å². The largest absolute Gasteiger partial charge is 0.488 e. The molecule has 0 amide bonds. The molecule has 6 heteroatoms. The highest BCUT2D eigenvalue weighted by molar-refractivity contribution is 6.42. The van der Waals surface area contributed by atoms with E-state index in [1.165, 1.54) is 12.1 Å². The van der Waals surface area contributed by atoms with Crippen LogP contribution in [0.25, 0.3) is 11.6 Å². The van der Waals surface area contributed by atoms with E-state index in [9.17, 15) is 10.1 Å². The van der Waals surface area contributed by atoms with Crippen LogP contribution in [0.2, 0.25) is 10.0 Å². The van der Waals surface area contributed by atoms with E-state index in [1.807, 2.05) is 30.3 Å². The van der Waals surface area contributed by atoms with Crippen LogP contribution in [0.1, 0.15) is 27.0 Å². The summed E-state index contributed by atoms with van der Waals surface area (Å²) < 4.78 is 5.92. The quantitative estimate of drug-likeness (QED) is 0.371. The zero-order valence-corrected chi connectivity index (χ0v) is 16.6. The van der Waals surface area contributed by atoms with E-state index in [1.54, 1.807) is 30.3 Å². The number of nitriles is 1. The lowest BCUT2D eigenvalue weighted by molar-refractivity contribution is 0.0697. The first-order valence-electron chi connectivity index (χ1n) is 8.59. The maximum absolute atomic E-state index is 11.0. The van der Waals surface area contributed by atoms with E-state index < -0.39 is 5.97 Å². The highest BCUT2D eigenvalue weighted by Gasteiger charge is 2.08. The number of aromatic carboxylic acids is 1. The molecule has 144 valence electrons. The number of nitrogens with zero attached hydrogens (tertiary/aromatic N) is 1. The molecule has 0 heterocycles. The SMILES string of the molecule is N#C/C(=C/c1ccccc1OCc1ccc(Cl)c(Cl)c1)c1ccc(C(=O)O)cc1. The lowest BCUT2D eigenvalue weighted by Crippen LogP contribution is -1.97. The van der Waals surface area contributed by atoms with Gasteiger partial charge in [0.1, 0.15) is 12.4 Å². The molecular formula is C23H15Cl2NO3. The van der Waals surface area contributed by atoms with Gasteiger partial charge in [0, 0.05) is 5.56 Å². The molecule has 0 atom stereocenters. The van der Waals surface area contributed by atoms with Gasteiger partial charge in [0.25, 0.3) is 0 Å². The van der Waals surface area contributed by atoms with Gasteiger partial charge in [0.05, 0.1) is 27.3 Å². The zero-order chi connectivity index (χ0) is 20.8. The van der Waals surface area contributed by atoms with Gasteiger partial charge in [0.2, 0.25) is 0 Å². The van der Waals surface area contributed by atoms with Crippen LogP contribution in [0.5, 0.6) is 5.75 Å². The molecule has 4 nitrogen and oxygen atoms in total. The van der Waals surface area contributed by atoms with Gasteiger partial charge in [-0.2, -0.15) is 5.26 Å². The highest BCUT2D eigenvalue weighted by atomic mass is 35.5. The van der Waals surface area contributed by atoms with Crippen LogP contribution in [0.15, 0.2) is 66.7 Å². The Bertz CT molecular complexity index is 1120. The summed E-state index contributed by atoms with van der Waals surface area (Å²) in [6, 6.07) is 20.9. The van der Waals surface area contributed by atoms with Gasteiger partial charge in [-0.1, -0.05) is 59.6 Å². The average Bonchev–Trinajstić information content (AvgIpc) is 2.73. The van der Waals surface area contributed by atoms with E-state index >= 15 is 0 Å². The van der Waals surface area contributed by atoms with Crippen LogP contribution in [-0.2, 0) is 6.61 Å². The molecule has 3 aromatic carbocycles. The van der Waals surface area contributed by atoms with Crippen molar-refractivity contribution in [2.24, 2.45) is 0 Å². The molecule has 0 spiro atoms. The fourth-order valence-corrected chi connectivity index (χ4v) is 2.97. The molecule has 29 heavy (non-hydrogen) atoms. The van der Waals surface area contributed by atoms with Crippen LogP contribution < -0.4 is 4.74 Å². The number of benzene rings is 3. The lowest BCUT2D eigenvalue weighted by Gasteiger charge is -2.10. The van der Waals surface area contributed by atoms with Crippen molar-refractivity contribution in [2.45, 2.75) is 6.61 Å². The third-order valence-corrected chi connectivity index (χ3v) is 4.90. The Morgan fingerprint density at radius 3 is 2.34 bits per heavy atom. The summed E-state index contributed by atoms with van der Waals surface area (Å²) in [5.41, 5.74) is 2.77. The van der Waals surface area contributed by atoms with E-state index in [2.05, 4.69) is 6.07 Å². The maximum atomic E-state index is 11.0. The standard InChI is InChI=1S/C23H15Cl2NO3/c24-20-10-5-15(11-21(20)25)14-29-22-4-2-1-3-18(22)12-19(13-26)16-6-8-17(9-7-16)23(27)28/h1-12H,14H2,(H,27,28)/b19-12-. The summed E-state index contributed by atoms with van der Waals surface area (Å²) in [4.78, 5) is 11.0. The maximum Gasteiger partial charge on any atom is 0.335 e. The summed E-state index contributed by atoms with van der Waals surface area (Å²) in [5, 5.41) is 19.5. The third kappa shape index (κ3) is 5.17. The minimum absolute atomic E-state index is 0.163. The fourth-order valence-electron chi connectivity index (χ4n) is 2.65. The van der Waals surface area contributed by atoms with E-state index in [4.69, 9.17) is 33.0 Å². The normalized spacial score (nSPS) is 11.0. The van der Waals surface area contributed by atoms with Gasteiger partial charge >= 0.3 is 5.97 Å². The Kier molecular flexibility index (Phi) is 6.56. The van der Waals surface area contributed by atoms with E-state index in [-0.39, 0.29) is 12.2 Å². The second-order valence-corrected chi connectivity index (χ2v) is 6.94. The molecular weight excluding hydrogens is 409 g/mol. The average molecular weight is 424 g/mol. The summed E-state index contributed by atoms with van der Waals surface area (Å²) in [6.45, 7) is 0.289. The molecule has 3 aromatic rings. The molecule has 3 rings (SSSR count). The number of ether oxygens (including phenoxy) is 1. The van der Waals surface area contributed by atoms with Gasteiger partial charge < -0.3 is 9.84 Å². The number of halogens is 2. The Morgan fingerprint density at radius 2 is 1.69 bits per heavy atom.